The van der Waals surface area contributed by atoms with Crippen molar-refractivity contribution in [1.82, 2.24) is 14.7 Å². The van der Waals surface area contributed by atoms with E-state index in [0.29, 0.717) is 12.5 Å². The van der Waals surface area contributed by atoms with E-state index >= 15 is 0 Å². The molecule has 0 saturated carbocycles. The molecule has 1 aliphatic heterocycles. The van der Waals surface area contributed by atoms with Crippen LogP contribution in [-0.4, -0.2) is 34.9 Å². The molecule has 1 unspecified atom stereocenters. The Kier molecular flexibility index (Phi) is 4.31. The van der Waals surface area contributed by atoms with E-state index in [-0.39, 0.29) is 5.82 Å². The third-order valence-corrected chi connectivity index (χ3v) is 3.84. The van der Waals surface area contributed by atoms with Crippen LogP contribution in [0, 0.1) is 11.7 Å². The first-order chi connectivity index (χ1) is 10.2. The molecule has 21 heavy (non-hydrogen) atoms. The fraction of sp³-hybridized carbons (Fsp3) is 0.438. The van der Waals surface area contributed by atoms with Gasteiger partial charge in [0.05, 0.1) is 12.3 Å². The molecule has 0 radical (unpaired) electrons. The molecule has 3 rings (SSSR count). The van der Waals surface area contributed by atoms with Crippen molar-refractivity contribution in [3.05, 3.63) is 53.6 Å². The summed E-state index contributed by atoms with van der Waals surface area (Å²) in [6.07, 6.45) is 1.84. The third-order valence-electron chi connectivity index (χ3n) is 3.84. The maximum atomic E-state index is 13.3. The first-order valence-corrected chi connectivity index (χ1v) is 7.21. The second-order valence-corrected chi connectivity index (χ2v) is 5.63. The summed E-state index contributed by atoms with van der Waals surface area (Å²) in [6, 6.07) is 8.87. The van der Waals surface area contributed by atoms with Gasteiger partial charge >= 0.3 is 0 Å². The highest BCUT2D eigenvalue weighted by Crippen LogP contribution is 2.18. The average molecular weight is 289 g/mol. The molecule has 4 nitrogen and oxygen atoms in total. The summed E-state index contributed by atoms with van der Waals surface area (Å²) in [4.78, 5) is 2.33. The van der Waals surface area contributed by atoms with Crippen molar-refractivity contribution in [2.45, 2.75) is 19.6 Å². The van der Waals surface area contributed by atoms with Crippen LogP contribution in [0.15, 0.2) is 36.5 Å². The third kappa shape index (κ3) is 3.49. The number of fused-ring (bicyclic) bond motifs is 1. The lowest BCUT2D eigenvalue weighted by molar-refractivity contribution is 0.114. The lowest BCUT2D eigenvalue weighted by atomic mass is 10.1. The van der Waals surface area contributed by atoms with Gasteiger partial charge in [0.25, 0.3) is 0 Å². The predicted molar refractivity (Wildman–Crippen MR) is 78.1 cm³/mol. The number of hydrogen-bond donors (Lipinski definition) is 0. The number of rotatable bonds is 4. The Morgan fingerprint density at radius 2 is 2.24 bits per heavy atom. The molecule has 0 spiro atoms. The molecule has 0 saturated heterocycles. The monoisotopic (exact) mass is 289 g/mol. The Morgan fingerprint density at radius 3 is 3.05 bits per heavy atom. The van der Waals surface area contributed by atoms with Crippen molar-refractivity contribution >= 4 is 0 Å². The minimum atomic E-state index is -0.180. The largest absolute Gasteiger partial charge is 0.384 e. The standard InChI is InChI=1S/C16H20FN3O/c1-21-12-14-9-19(8-13-3-2-4-15(17)7-13)11-16-5-6-18-20(16)10-14/h2-7,14H,8-12H2,1H3. The highest BCUT2D eigenvalue weighted by Gasteiger charge is 2.22. The molecular formula is C16H20FN3O. The summed E-state index contributed by atoms with van der Waals surface area (Å²) in [5, 5.41) is 4.38. The van der Waals surface area contributed by atoms with Gasteiger partial charge < -0.3 is 4.74 Å². The number of ether oxygens (including phenoxy) is 1. The van der Waals surface area contributed by atoms with Gasteiger partial charge in [0.2, 0.25) is 0 Å². The van der Waals surface area contributed by atoms with Crippen LogP contribution >= 0.6 is 0 Å². The number of hydrogen-bond acceptors (Lipinski definition) is 3. The van der Waals surface area contributed by atoms with Gasteiger partial charge in [-0.05, 0) is 23.8 Å². The van der Waals surface area contributed by atoms with Crippen LogP contribution < -0.4 is 0 Å². The lowest BCUT2D eigenvalue weighted by Gasteiger charge is -2.23. The van der Waals surface area contributed by atoms with Gasteiger partial charge in [0, 0.05) is 45.4 Å². The molecule has 1 aromatic heterocycles. The molecule has 112 valence electrons. The van der Waals surface area contributed by atoms with Crippen LogP contribution in [0.2, 0.25) is 0 Å². The number of halogens is 1. The zero-order valence-electron chi connectivity index (χ0n) is 12.2. The maximum Gasteiger partial charge on any atom is 0.123 e. The maximum absolute atomic E-state index is 13.3. The van der Waals surface area contributed by atoms with E-state index in [1.165, 1.54) is 11.8 Å². The highest BCUT2D eigenvalue weighted by molar-refractivity contribution is 5.16. The molecule has 2 aromatic rings. The number of benzene rings is 1. The summed E-state index contributed by atoms with van der Waals surface area (Å²) < 4.78 is 20.7. The summed E-state index contributed by atoms with van der Waals surface area (Å²) in [5.41, 5.74) is 2.20. The molecule has 0 amide bonds. The highest BCUT2D eigenvalue weighted by atomic mass is 19.1. The van der Waals surface area contributed by atoms with Crippen molar-refractivity contribution in [3.8, 4) is 0 Å². The fourth-order valence-electron chi connectivity index (χ4n) is 2.97. The Labute approximate surface area is 124 Å². The van der Waals surface area contributed by atoms with E-state index in [2.05, 4.69) is 14.7 Å². The number of methoxy groups -OCH3 is 1. The first kappa shape index (κ1) is 14.2. The number of aromatic nitrogens is 2. The van der Waals surface area contributed by atoms with Gasteiger partial charge in [-0.2, -0.15) is 5.10 Å². The van der Waals surface area contributed by atoms with Crippen molar-refractivity contribution in [1.29, 1.82) is 0 Å². The first-order valence-electron chi connectivity index (χ1n) is 7.21. The van der Waals surface area contributed by atoms with E-state index in [4.69, 9.17) is 4.74 Å². The second-order valence-electron chi connectivity index (χ2n) is 5.63. The van der Waals surface area contributed by atoms with E-state index in [9.17, 15) is 4.39 Å². The van der Waals surface area contributed by atoms with Crippen molar-refractivity contribution in [3.63, 3.8) is 0 Å². The van der Waals surface area contributed by atoms with Gasteiger partial charge in [-0.25, -0.2) is 4.39 Å². The van der Waals surface area contributed by atoms with Gasteiger partial charge in [-0.3, -0.25) is 9.58 Å². The average Bonchev–Trinajstić information content (AvgIpc) is 2.79. The van der Waals surface area contributed by atoms with Crippen LogP contribution in [0.3, 0.4) is 0 Å². The minimum absolute atomic E-state index is 0.180. The fourth-order valence-corrected chi connectivity index (χ4v) is 2.97. The normalized spacial score (nSPS) is 19.2. The van der Waals surface area contributed by atoms with Crippen LogP contribution in [0.1, 0.15) is 11.3 Å². The lowest BCUT2D eigenvalue weighted by Crippen LogP contribution is -2.29. The SMILES string of the molecule is COCC1CN(Cc2cccc(F)c2)Cc2ccnn2C1. The summed E-state index contributed by atoms with van der Waals surface area (Å²) in [7, 11) is 1.73. The smallest absolute Gasteiger partial charge is 0.123 e. The van der Waals surface area contributed by atoms with Crippen LogP contribution in [0.4, 0.5) is 4.39 Å². The molecule has 2 heterocycles. The zero-order valence-corrected chi connectivity index (χ0v) is 12.2. The Balaban J connectivity index is 1.77. The van der Waals surface area contributed by atoms with Gasteiger partial charge in [-0.15, -0.1) is 0 Å². The van der Waals surface area contributed by atoms with Gasteiger partial charge in [0.15, 0.2) is 0 Å². The minimum Gasteiger partial charge on any atom is -0.384 e. The topological polar surface area (TPSA) is 30.3 Å². The molecule has 5 heteroatoms. The van der Waals surface area contributed by atoms with Crippen molar-refractivity contribution in [2.24, 2.45) is 5.92 Å². The molecule has 0 fully saturated rings. The Bertz CT molecular complexity index is 599. The van der Waals surface area contributed by atoms with Crippen LogP contribution in [-0.2, 0) is 24.4 Å². The van der Waals surface area contributed by atoms with E-state index in [1.54, 1.807) is 19.2 Å². The zero-order chi connectivity index (χ0) is 14.7. The van der Waals surface area contributed by atoms with Gasteiger partial charge in [-0.1, -0.05) is 12.1 Å². The Morgan fingerprint density at radius 1 is 1.33 bits per heavy atom. The molecule has 1 aliphatic rings. The van der Waals surface area contributed by atoms with E-state index in [0.717, 1.165) is 31.7 Å². The molecule has 1 atom stereocenters. The van der Waals surface area contributed by atoms with Crippen LogP contribution in [0.25, 0.3) is 0 Å². The molecular weight excluding hydrogens is 269 g/mol. The van der Waals surface area contributed by atoms with Crippen LogP contribution in [0.5, 0.6) is 0 Å². The Hall–Kier alpha value is -1.72. The molecule has 0 aliphatic carbocycles. The predicted octanol–water partition coefficient (Wildman–Crippen LogP) is 2.30. The van der Waals surface area contributed by atoms with Gasteiger partial charge in [0.1, 0.15) is 5.82 Å². The molecule has 0 bridgehead atoms. The second kappa shape index (κ2) is 6.37. The summed E-state index contributed by atoms with van der Waals surface area (Å²) in [6.45, 7) is 4.07. The van der Waals surface area contributed by atoms with Crippen molar-refractivity contribution < 1.29 is 9.13 Å². The molecule has 1 aromatic carbocycles. The molecule has 0 N–H and O–H groups in total. The van der Waals surface area contributed by atoms with Crippen molar-refractivity contribution in [2.75, 3.05) is 20.3 Å². The number of nitrogens with zero attached hydrogens (tertiary/aromatic N) is 3. The summed E-state index contributed by atoms with van der Waals surface area (Å²) in [5.74, 6) is 0.213. The van der Waals surface area contributed by atoms with E-state index < -0.39 is 0 Å². The van der Waals surface area contributed by atoms with E-state index in [1.807, 2.05) is 18.3 Å². The quantitative estimate of drug-likeness (QED) is 0.865. The summed E-state index contributed by atoms with van der Waals surface area (Å²) >= 11 is 0.